The minimum atomic E-state index is -0.407. The SMILES string of the molecule is C[C@@H](C=O)OCCOCCSC1CC(=O)N(CC2CCCCC2)C1=O. The van der Waals surface area contributed by atoms with Crippen molar-refractivity contribution in [2.24, 2.45) is 5.92 Å². The molecule has 0 aromatic rings. The smallest absolute Gasteiger partial charge is 0.242 e. The topological polar surface area (TPSA) is 72.9 Å². The standard InChI is InChI=1S/C18H29NO5S/c1-14(13-20)24-8-7-23-9-10-25-16-11-17(21)19(18(16)22)12-15-5-3-2-4-6-15/h13-16H,2-12H2,1H3/t14-,16?/m0/s1. The number of rotatable bonds is 11. The van der Waals surface area contributed by atoms with Crippen molar-refractivity contribution < 1.29 is 23.9 Å². The highest BCUT2D eigenvalue weighted by Crippen LogP contribution is 2.29. The maximum atomic E-state index is 12.5. The number of ether oxygens (including phenoxy) is 2. The number of aldehydes is 1. The Balaban J connectivity index is 1.60. The Kier molecular flexibility index (Phi) is 8.92. The zero-order valence-electron chi connectivity index (χ0n) is 15.0. The number of hydrogen-bond donors (Lipinski definition) is 0. The maximum absolute atomic E-state index is 12.5. The van der Waals surface area contributed by atoms with Crippen LogP contribution < -0.4 is 0 Å². The van der Waals surface area contributed by atoms with E-state index in [1.54, 1.807) is 6.92 Å². The number of thioether (sulfide) groups is 1. The Morgan fingerprint density at radius 1 is 1.20 bits per heavy atom. The third-order valence-corrected chi connectivity index (χ3v) is 5.89. The molecule has 2 atom stereocenters. The van der Waals surface area contributed by atoms with Crippen molar-refractivity contribution >= 4 is 29.9 Å². The average Bonchev–Trinajstić information content (AvgIpc) is 2.89. The van der Waals surface area contributed by atoms with Crippen LogP contribution in [0.2, 0.25) is 0 Å². The van der Waals surface area contributed by atoms with Gasteiger partial charge in [0.2, 0.25) is 11.8 Å². The molecule has 2 aliphatic rings. The molecule has 0 N–H and O–H groups in total. The first-order valence-corrected chi connectivity index (χ1v) is 10.3. The lowest BCUT2D eigenvalue weighted by Gasteiger charge is -2.25. The second-order valence-corrected chi connectivity index (χ2v) is 8.05. The summed E-state index contributed by atoms with van der Waals surface area (Å²) in [5.41, 5.74) is 0. The highest BCUT2D eigenvalue weighted by molar-refractivity contribution is 8.00. The fourth-order valence-corrected chi connectivity index (χ4v) is 4.32. The van der Waals surface area contributed by atoms with Crippen molar-refractivity contribution in [3.63, 3.8) is 0 Å². The first kappa shape index (κ1) is 20.4. The predicted molar refractivity (Wildman–Crippen MR) is 96.5 cm³/mol. The summed E-state index contributed by atoms with van der Waals surface area (Å²) >= 11 is 1.50. The average molecular weight is 371 g/mol. The first-order chi connectivity index (χ1) is 12.1. The predicted octanol–water partition coefficient (Wildman–Crippen LogP) is 2.05. The van der Waals surface area contributed by atoms with E-state index < -0.39 is 6.10 Å². The molecule has 1 aliphatic heterocycles. The van der Waals surface area contributed by atoms with Crippen LogP contribution in [0.5, 0.6) is 0 Å². The number of carbonyl (C=O) groups is 3. The lowest BCUT2D eigenvalue weighted by Crippen LogP contribution is -2.36. The minimum Gasteiger partial charge on any atom is -0.378 e. The summed E-state index contributed by atoms with van der Waals surface area (Å²) in [6.45, 7) is 3.59. The van der Waals surface area contributed by atoms with Crippen molar-refractivity contribution in [1.29, 1.82) is 0 Å². The fraction of sp³-hybridized carbons (Fsp3) is 0.833. The van der Waals surface area contributed by atoms with Gasteiger partial charge in [-0.15, -0.1) is 11.8 Å². The summed E-state index contributed by atoms with van der Waals surface area (Å²) in [4.78, 5) is 36.5. The van der Waals surface area contributed by atoms with E-state index >= 15 is 0 Å². The molecule has 0 radical (unpaired) electrons. The van der Waals surface area contributed by atoms with Gasteiger partial charge in [0.15, 0.2) is 0 Å². The van der Waals surface area contributed by atoms with Crippen molar-refractivity contribution in [2.75, 3.05) is 32.1 Å². The monoisotopic (exact) mass is 371 g/mol. The van der Waals surface area contributed by atoms with Gasteiger partial charge in [-0.25, -0.2) is 0 Å². The summed E-state index contributed by atoms with van der Waals surface area (Å²) < 4.78 is 10.6. The summed E-state index contributed by atoms with van der Waals surface area (Å²) in [5.74, 6) is 1.11. The Morgan fingerprint density at radius 3 is 2.68 bits per heavy atom. The molecule has 1 saturated carbocycles. The van der Waals surface area contributed by atoms with E-state index in [1.807, 2.05) is 0 Å². The van der Waals surface area contributed by atoms with E-state index in [2.05, 4.69) is 0 Å². The molecule has 142 valence electrons. The molecule has 0 aromatic carbocycles. The molecule has 25 heavy (non-hydrogen) atoms. The van der Waals surface area contributed by atoms with E-state index in [0.717, 1.165) is 19.1 Å². The highest BCUT2D eigenvalue weighted by atomic mass is 32.2. The molecule has 0 spiro atoms. The third kappa shape index (κ3) is 6.72. The van der Waals surface area contributed by atoms with Gasteiger partial charge in [0.25, 0.3) is 0 Å². The van der Waals surface area contributed by atoms with Crippen LogP contribution in [0.4, 0.5) is 0 Å². The van der Waals surface area contributed by atoms with Gasteiger partial charge in [0.1, 0.15) is 12.4 Å². The van der Waals surface area contributed by atoms with Crippen molar-refractivity contribution in [3.05, 3.63) is 0 Å². The molecule has 0 bridgehead atoms. The molecule has 7 heteroatoms. The van der Waals surface area contributed by atoms with Gasteiger partial charge in [-0.05, 0) is 25.7 Å². The summed E-state index contributed by atoms with van der Waals surface area (Å²) in [5, 5.41) is -0.258. The number of hydrogen-bond acceptors (Lipinski definition) is 6. The molecular weight excluding hydrogens is 342 g/mol. The van der Waals surface area contributed by atoms with E-state index in [4.69, 9.17) is 9.47 Å². The van der Waals surface area contributed by atoms with Crippen LogP contribution in [0.15, 0.2) is 0 Å². The maximum Gasteiger partial charge on any atom is 0.242 e. The lowest BCUT2D eigenvalue weighted by atomic mass is 9.89. The highest BCUT2D eigenvalue weighted by Gasteiger charge is 2.39. The Bertz CT molecular complexity index is 453. The zero-order valence-corrected chi connectivity index (χ0v) is 15.8. The number of amides is 2. The van der Waals surface area contributed by atoms with Crippen LogP contribution in [0.25, 0.3) is 0 Å². The lowest BCUT2D eigenvalue weighted by molar-refractivity contribution is -0.139. The normalized spacial score (nSPS) is 23.2. The quantitative estimate of drug-likeness (QED) is 0.314. The van der Waals surface area contributed by atoms with Crippen LogP contribution in [0.3, 0.4) is 0 Å². The molecule has 1 aliphatic carbocycles. The number of nitrogens with zero attached hydrogens (tertiary/aromatic N) is 1. The fourth-order valence-electron chi connectivity index (χ4n) is 3.29. The van der Waals surface area contributed by atoms with Crippen LogP contribution in [0.1, 0.15) is 45.4 Å². The zero-order chi connectivity index (χ0) is 18.1. The van der Waals surface area contributed by atoms with E-state index in [9.17, 15) is 14.4 Å². The molecule has 1 unspecified atom stereocenters. The molecule has 2 amide bonds. The Hall–Kier alpha value is -0.920. The number of carbonyl (C=O) groups excluding carboxylic acids is 3. The van der Waals surface area contributed by atoms with Crippen molar-refractivity contribution in [2.45, 2.75) is 56.8 Å². The van der Waals surface area contributed by atoms with Gasteiger partial charge >= 0.3 is 0 Å². The largest absolute Gasteiger partial charge is 0.378 e. The van der Waals surface area contributed by atoms with E-state index in [-0.39, 0.29) is 17.1 Å². The van der Waals surface area contributed by atoms with Crippen LogP contribution in [-0.4, -0.2) is 66.5 Å². The second-order valence-electron chi connectivity index (χ2n) is 6.73. The van der Waals surface area contributed by atoms with Gasteiger partial charge in [0.05, 0.1) is 25.1 Å². The number of imide groups is 1. The van der Waals surface area contributed by atoms with Gasteiger partial charge in [-0.2, -0.15) is 0 Å². The van der Waals surface area contributed by atoms with Crippen LogP contribution in [-0.2, 0) is 23.9 Å². The number of likely N-dealkylation sites (tertiary alicyclic amines) is 1. The van der Waals surface area contributed by atoms with Gasteiger partial charge in [0, 0.05) is 18.7 Å². The molecule has 2 fully saturated rings. The molecule has 1 heterocycles. The first-order valence-electron chi connectivity index (χ1n) is 9.22. The summed E-state index contributed by atoms with van der Waals surface area (Å²) in [6.07, 6.45) is 6.62. The Labute approximate surface area is 154 Å². The second kappa shape index (κ2) is 10.9. The Morgan fingerprint density at radius 2 is 1.96 bits per heavy atom. The summed E-state index contributed by atoms with van der Waals surface area (Å²) in [7, 11) is 0. The van der Waals surface area contributed by atoms with Gasteiger partial charge < -0.3 is 14.3 Å². The van der Waals surface area contributed by atoms with Crippen LogP contribution >= 0.6 is 11.8 Å². The minimum absolute atomic E-state index is 0.0229. The van der Waals surface area contributed by atoms with E-state index in [1.165, 1.54) is 35.9 Å². The van der Waals surface area contributed by atoms with Gasteiger partial charge in [-0.3, -0.25) is 14.5 Å². The van der Waals surface area contributed by atoms with Crippen molar-refractivity contribution in [3.8, 4) is 0 Å². The third-order valence-electron chi connectivity index (χ3n) is 4.71. The molecule has 2 rings (SSSR count). The van der Waals surface area contributed by atoms with Gasteiger partial charge in [-0.1, -0.05) is 19.3 Å². The van der Waals surface area contributed by atoms with Crippen LogP contribution in [0, 0.1) is 5.92 Å². The molecule has 0 aromatic heterocycles. The van der Waals surface area contributed by atoms with Crippen molar-refractivity contribution in [1.82, 2.24) is 4.90 Å². The molecule has 6 nitrogen and oxygen atoms in total. The summed E-state index contributed by atoms with van der Waals surface area (Å²) in [6, 6.07) is 0. The van der Waals surface area contributed by atoms with E-state index in [0.29, 0.717) is 44.5 Å². The molecule has 1 saturated heterocycles. The molecular formula is C18H29NO5S.